The lowest BCUT2D eigenvalue weighted by atomic mass is 9.97. The molecule has 1 fully saturated rings. The molecule has 0 amide bonds. The van der Waals surface area contributed by atoms with Gasteiger partial charge in [-0.25, -0.2) is 15.0 Å². The Bertz CT molecular complexity index is 796. The Morgan fingerprint density at radius 2 is 2.08 bits per heavy atom. The van der Waals surface area contributed by atoms with E-state index in [0.717, 1.165) is 61.6 Å². The Hall–Kier alpha value is -2.47. The topological polar surface area (TPSA) is 67.1 Å². The number of para-hydroxylation sites is 2. The van der Waals surface area contributed by atoms with Crippen LogP contribution in [-0.2, 0) is 6.54 Å². The van der Waals surface area contributed by atoms with Crippen molar-refractivity contribution in [1.29, 1.82) is 0 Å². The molecular formula is C19H23N5O. The molecular weight excluding hydrogens is 314 g/mol. The fourth-order valence-corrected chi connectivity index (χ4v) is 3.41. The van der Waals surface area contributed by atoms with E-state index in [4.69, 9.17) is 4.42 Å². The lowest BCUT2D eigenvalue weighted by molar-refractivity contribution is 0.187. The van der Waals surface area contributed by atoms with Gasteiger partial charge in [0.2, 0.25) is 5.95 Å². The van der Waals surface area contributed by atoms with Gasteiger partial charge in [0, 0.05) is 43.5 Å². The van der Waals surface area contributed by atoms with Gasteiger partial charge in [-0.2, -0.15) is 0 Å². The number of piperidine rings is 1. The Balaban J connectivity index is 1.43. The van der Waals surface area contributed by atoms with Crippen molar-refractivity contribution in [2.24, 2.45) is 0 Å². The van der Waals surface area contributed by atoms with E-state index >= 15 is 0 Å². The predicted octanol–water partition coefficient (Wildman–Crippen LogP) is 3.43. The summed E-state index contributed by atoms with van der Waals surface area (Å²) in [5.41, 5.74) is 2.96. The molecule has 1 aliphatic heterocycles. The highest BCUT2D eigenvalue weighted by atomic mass is 16.3. The van der Waals surface area contributed by atoms with Gasteiger partial charge in [-0.1, -0.05) is 12.1 Å². The van der Waals surface area contributed by atoms with Crippen LogP contribution in [0.25, 0.3) is 11.1 Å². The van der Waals surface area contributed by atoms with E-state index < -0.39 is 0 Å². The Labute approximate surface area is 147 Å². The van der Waals surface area contributed by atoms with Crippen LogP contribution in [0.4, 0.5) is 5.95 Å². The summed E-state index contributed by atoms with van der Waals surface area (Å²) in [7, 11) is 0. The molecule has 3 aromatic rings. The van der Waals surface area contributed by atoms with Crippen molar-refractivity contribution in [3.63, 3.8) is 0 Å². The van der Waals surface area contributed by atoms with Gasteiger partial charge in [0.1, 0.15) is 5.52 Å². The van der Waals surface area contributed by atoms with E-state index in [-0.39, 0.29) is 0 Å². The highest BCUT2D eigenvalue weighted by Crippen LogP contribution is 2.29. The minimum atomic E-state index is 0.350. The molecule has 0 aliphatic carbocycles. The first-order chi connectivity index (χ1) is 12.3. The van der Waals surface area contributed by atoms with Gasteiger partial charge in [-0.15, -0.1) is 0 Å². The van der Waals surface area contributed by atoms with Crippen molar-refractivity contribution in [2.45, 2.75) is 32.2 Å². The number of fused-ring (bicyclic) bond motifs is 1. The number of benzene rings is 1. The summed E-state index contributed by atoms with van der Waals surface area (Å²) in [6.07, 6.45) is 6.10. The lowest BCUT2D eigenvalue weighted by Gasteiger charge is -2.31. The third-order valence-electron chi connectivity index (χ3n) is 4.61. The Kier molecular flexibility index (Phi) is 4.61. The summed E-state index contributed by atoms with van der Waals surface area (Å²) in [5.74, 6) is 1.90. The fraction of sp³-hybridized carbons (Fsp3) is 0.421. The molecule has 1 saturated heterocycles. The summed E-state index contributed by atoms with van der Waals surface area (Å²) >= 11 is 0. The third-order valence-corrected chi connectivity index (χ3v) is 4.61. The second-order valence-corrected chi connectivity index (χ2v) is 6.54. The lowest BCUT2D eigenvalue weighted by Crippen LogP contribution is -2.34. The van der Waals surface area contributed by atoms with Crippen molar-refractivity contribution in [1.82, 2.24) is 19.9 Å². The summed E-state index contributed by atoms with van der Waals surface area (Å²) in [4.78, 5) is 15.8. The number of rotatable bonds is 5. The highest BCUT2D eigenvalue weighted by Gasteiger charge is 2.25. The molecule has 1 aliphatic rings. The molecule has 1 N–H and O–H groups in total. The molecule has 3 heterocycles. The molecule has 4 rings (SSSR count). The molecule has 0 radical (unpaired) electrons. The molecule has 1 atom stereocenters. The van der Waals surface area contributed by atoms with Crippen molar-refractivity contribution in [3.05, 3.63) is 48.1 Å². The number of hydrogen-bond donors (Lipinski definition) is 1. The molecule has 130 valence electrons. The molecule has 0 bridgehead atoms. The molecule has 25 heavy (non-hydrogen) atoms. The zero-order valence-electron chi connectivity index (χ0n) is 14.5. The van der Waals surface area contributed by atoms with Crippen molar-refractivity contribution >= 4 is 17.0 Å². The van der Waals surface area contributed by atoms with Crippen LogP contribution in [0.15, 0.2) is 41.1 Å². The molecule has 1 unspecified atom stereocenters. The molecule has 1 aromatic carbocycles. The van der Waals surface area contributed by atoms with Crippen LogP contribution in [0.1, 0.15) is 37.1 Å². The largest absolute Gasteiger partial charge is 0.440 e. The first-order valence-electron chi connectivity index (χ1n) is 8.94. The van der Waals surface area contributed by atoms with Gasteiger partial charge in [0.05, 0.1) is 0 Å². The quantitative estimate of drug-likeness (QED) is 0.769. The Morgan fingerprint density at radius 1 is 1.24 bits per heavy atom. The average Bonchev–Trinajstić information content (AvgIpc) is 3.08. The van der Waals surface area contributed by atoms with E-state index in [1.807, 2.05) is 43.6 Å². The average molecular weight is 337 g/mol. The maximum absolute atomic E-state index is 5.98. The first-order valence-corrected chi connectivity index (χ1v) is 8.94. The zero-order valence-corrected chi connectivity index (χ0v) is 14.5. The Morgan fingerprint density at radius 3 is 2.88 bits per heavy atom. The van der Waals surface area contributed by atoms with Crippen molar-refractivity contribution < 1.29 is 4.42 Å². The molecule has 0 saturated carbocycles. The summed E-state index contributed by atoms with van der Waals surface area (Å²) in [6, 6.07) is 7.97. The molecule has 2 aromatic heterocycles. The first kappa shape index (κ1) is 16.0. The van der Waals surface area contributed by atoms with Gasteiger partial charge < -0.3 is 9.73 Å². The van der Waals surface area contributed by atoms with Crippen molar-refractivity contribution in [2.75, 3.05) is 25.0 Å². The van der Waals surface area contributed by atoms with Crippen LogP contribution in [0.2, 0.25) is 0 Å². The molecule has 6 heteroatoms. The second kappa shape index (κ2) is 7.19. The monoisotopic (exact) mass is 337 g/mol. The van der Waals surface area contributed by atoms with E-state index in [9.17, 15) is 0 Å². The highest BCUT2D eigenvalue weighted by molar-refractivity contribution is 5.72. The molecule has 0 spiro atoms. The van der Waals surface area contributed by atoms with E-state index in [1.54, 1.807) is 0 Å². The number of nitrogens with one attached hydrogen (secondary N) is 1. The number of oxazole rings is 1. The van der Waals surface area contributed by atoms with Crippen LogP contribution in [0.3, 0.4) is 0 Å². The molecule has 6 nitrogen and oxygen atoms in total. The summed E-state index contributed by atoms with van der Waals surface area (Å²) < 4.78 is 5.98. The number of nitrogens with zero attached hydrogens (tertiary/aromatic N) is 4. The fourth-order valence-electron chi connectivity index (χ4n) is 3.41. The maximum atomic E-state index is 5.98. The van der Waals surface area contributed by atoms with E-state index in [0.29, 0.717) is 11.9 Å². The van der Waals surface area contributed by atoms with E-state index in [2.05, 4.69) is 25.2 Å². The van der Waals surface area contributed by atoms with Gasteiger partial charge in [0.25, 0.3) is 0 Å². The van der Waals surface area contributed by atoms with Gasteiger partial charge in [-0.3, -0.25) is 4.90 Å². The minimum absolute atomic E-state index is 0.350. The van der Waals surface area contributed by atoms with Gasteiger partial charge >= 0.3 is 0 Å². The van der Waals surface area contributed by atoms with Crippen LogP contribution >= 0.6 is 0 Å². The second-order valence-electron chi connectivity index (χ2n) is 6.54. The minimum Gasteiger partial charge on any atom is -0.440 e. The van der Waals surface area contributed by atoms with Crippen LogP contribution in [0, 0.1) is 0 Å². The van der Waals surface area contributed by atoms with Crippen molar-refractivity contribution in [3.8, 4) is 0 Å². The summed E-state index contributed by atoms with van der Waals surface area (Å²) in [5, 5.41) is 3.12. The zero-order chi connectivity index (χ0) is 17.1. The predicted molar refractivity (Wildman–Crippen MR) is 97.5 cm³/mol. The maximum Gasteiger partial charge on any atom is 0.222 e. The number of likely N-dealkylation sites (tertiary alicyclic amines) is 1. The normalized spacial score (nSPS) is 18.5. The number of hydrogen-bond acceptors (Lipinski definition) is 6. The van der Waals surface area contributed by atoms with Gasteiger partial charge in [0.15, 0.2) is 11.5 Å². The SMILES string of the molecule is CCNc1ncc(CN2CCCC(c3nc4ccccc4o3)C2)cn1. The van der Waals surface area contributed by atoms with Gasteiger partial charge in [-0.05, 0) is 38.4 Å². The summed E-state index contributed by atoms with van der Waals surface area (Å²) in [6.45, 7) is 5.78. The van der Waals surface area contributed by atoms with Crippen LogP contribution in [-0.4, -0.2) is 39.5 Å². The van der Waals surface area contributed by atoms with E-state index in [1.165, 1.54) is 0 Å². The standard InChI is InChI=1S/C19H23N5O/c1-2-20-19-21-10-14(11-22-19)12-24-9-5-6-15(13-24)18-23-16-7-3-4-8-17(16)25-18/h3-4,7-8,10-11,15H,2,5-6,9,12-13H2,1H3,(H,20,21,22). The third kappa shape index (κ3) is 3.64. The van der Waals surface area contributed by atoms with Crippen LogP contribution < -0.4 is 5.32 Å². The van der Waals surface area contributed by atoms with Crippen LogP contribution in [0.5, 0.6) is 0 Å². The number of aromatic nitrogens is 3. The number of anilines is 1. The smallest absolute Gasteiger partial charge is 0.222 e.